The molecule has 2 aromatic carbocycles. The summed E-state index contributed by atoms with van der Waals surface area (Å²) >= 11 is 11.5. The van der Waals surface area contributed by atoms with Gasteiger partial charge < -0.3 is 5.32 Å². The molecule has 10 heteroatoms. The lowest BCUT2D eigenvalue weighted by atomic mass is 10.2. The Kier molecular flexibility index (Phi) is 5.86. The highest BCUT2D eigenvalue weighted by Crippen LogP contribution is 2.34. The van der Waals surface area contributed by atoms with E-state index in [2.05, 4.69) is 5.32 Å². The first-order valence-corrected chi connectivity index (χ1v) is 9.04. The maximum Gasteiger partial charge on any atom is 0.416 e. The Balaban J connectivity index is 2.39. The van der Waals surface area contributed by atoms with E-state index in [-0.39, 0.29) is 15.6 Å². The Hall–Kier alpha value is -2.21. The number of sulfone groups is 1. The number of halogens is 5. The van der Waals surface area contributed by atoms with Gasteiger partial charge in [0.05, 0.1) is 21.2 Å². The number of hydrogen-bond acceptors (Lipinski definition) is 4. The number of benzene rings is 2. The standard InChI is InChI=1S/C16H9Cl2F3N2O2S/c17-11-2-4-12(5-3-11)26(24,25)13(8-22)9-23-15-7-10(16(19,20)21)1-6-14(15)18/h1-7,9,23H. The van der Waals surface area contributed by atoms with E-state index < -0.39 is 26.5 Å². The smallest absolute Gasteiger partial charge is 0.359 e. The van der Waals surface area contributed by atoms with Crippen molar-refractivity contribution in [1.82, 2.24) is 0 Å². The molecule has 0 aliphatic carbocycles. The molecule has 0 bridgehead atoms. The molecule has 1 N–H and O–H groups in total. The molecule has 0 atom stereocenters. The summed E-state index contributed by atoms with van der Waals surface area (Å²) in [7, 11) is -4.18. The molecule has 2 aromatic rings. The minimum atomic E-state index is -4.60. The van der Waals surface area contributed by atoms with Crippen LogP contribution >= 0.6 is 23.2 Å². The lowest BCUT2D eigenvalue weighted by Crippen LogP contribution is -2.07. The molecule has 0 saturated carbocycles. The summed E-state index contributed by atoms with van der Waals surface area (Å²) in [5.41, 5.74) is -1.17. The van der Waals surface area contributed by atoms with Gasteiger partial charge in [0.15, 0.2) is 4.91 Å². The summed E-state index contributed by atoms with van der Waals surface area (Å²) in [6.07, 6.45) is -3.82. The van der Waals surface area contributed by atoms with Gasteiger partial charge in [-0.3, -0.25) is 0 Å². The molecule has 0 heterocycles. The number of alkyl halides is 3. The minimum Gasteiger partial charge on any atom is -0.359 e. The molecule has 0 unspecified atom stereocenters. The lowest BCUT2D eigenvalue weighted by molar-refractivity contribution is -0.137. The predicted molar refractivity (Wildman–Crippen MR) is 92.4 cm³/mol. The Morgan fingerprint density at radius 1 is 1.12 bits per heavy atom. The van der Waals surface area contributed by atoms with Crippen molar-refractivity contribution in [1.29, 1.82) is 5.26 Å². The second-order valence-corrected chi connectivity index (χ2v) is 7.68. The second-order valence-electron chi connectivity index (χ2n) is 4.91. The average Bonchev–Trinajstić information content (AvgIpc) is 2.56. The van der Waals surface area contributed by atoms with Crippen LogP contribution in [0.25, 0.3) is 0 Å². The molecule has 0 radical (unpaired) electrons. The normalized spacial score (nSPS) is 12.5. The van der Waals surface area contributed by atoms with Crippen LogP contribution in [0.15, 0.2) is 58.5 Å². The summed E-state index contributed by atoms with van der Waals surface area (Å²) in [6, 6.07) is 9.10. The van der Waals surface area contributed by atoms with Gasteiger partial charge >= 0.3 is 6.18 Å². The monoisotopic (exact) mass is 420 g/mol. The molecule has 2 rings (SSSR count). The Morgan fingerprint density at radius 2 is 1.73 bits per heavy atom. The zero-order chi connectivity index (χ0) is 19.5. The molecule has 0 aromatic heterocycles. The molecule has 26 heavy (non-hydrogen) atoms. The van der Waals surface area contributed by atoms with Gasteiger partial charge in [0.1, 0.15) is 6.07 Å². The van der Waals surface area contributed by atoms with E-state index >= 15 is 0 Å². The SMILES string of the molecule is N#CC(=CNc1cc(C(F)(F)F)ccc1Cl)S(=O)(=O)c1ccc(Cl)cc1. The van der Waals surface area contributed by atoms with E-state index in [1.165, 1.54) is 30.3 Å². The molecule has 0 spiro atoms. The zero-order valence-electron chi connectivity index (χ0n) is 12.7. The van der Waals surface area contributed by atoms with Gasteiger partial charge in [0, 0.05) is 11.2 Å². The third kappa shape index (κ3) is 4.49. The summed E-state index contributed by atoms with van der Waals surface area (Å²) in [6.45, 7) is 0. The zero-order valence-corrected chi connectivity index (χ0v) is 15.0. The molecular formula is C16H9Cl2F3N2O2S. The fraction of sp³-hybridized carbons (Fsp3) is 0.0625. The van der Waals surface area contributed by atoms with Gasteiger partial charge in [-0.1, -0.05) is 23.2 Å². The van der Waals surface area contributed by atoms with Crippen molar-refractivity contribution in [3.05, 3.63) is 69.2 Å². The number of hydrogen-bond donors (Lipinski definition) is 1. The van der Waals surface area contributed by atoms with Crippen LogP contribution in [-0.4, -0.2) is 8.42 Å². The van der Waals surface area contributed by atoms with E-state index in [1.54, 1.807) is 0 Å². The highest BCUT2D eigenvalue weighted by Gasteiger charge is 2.31. The summed E-state index contributed by atoms with van der Waals surface area (Å²) in [5, 5.41) is 11.7. The number of nitrogens with one attached hydrogen (secondary N) is 1. The van der Waals surface area contributed by atoms with Crippen LogP contribution in [0.1, 0.15) is 5.56 Å². The van der Waals surface area contributed by atoms with Crippen LogP contribution < -0.4 is 5.32 Å². The summed E-state index contributed by atoms with van der Waals surface area (Å²) in [4.78, 5) is -0.889. The molecule has 0 aliphatic heterocycles. The van der Waals surface area contributed by atoms with Crippen molar-refractivity contribution >= 4 is 38.7 Å². The number of rotatable bonds is 4. The third-order valence-electron chi connectivity index (χ3n) is 3.18. The molecule has 4 nitrogen and oxygen atoms in total. The van der Waals surface area contributed by atoms with Gasteiger partial charge in [-0.05, 0) is 42.5 Å². The first kappa shape index (κ1) is 20.1. The van der Waals surface area contributed by atoms with Crippen molar-refractivity contribution < 1.29 is 21.6 Å². The summed E-state index contributed by atoms with van der Waals surface area (Å²) in [5.74, 6) is 0. The first-order valence-electron chi connectivity index (χ1n) is 6.80. The van der Waals surface area contributed by atoms with Gasteiger partial charge in [0.25, 0.3) is 0 Å². The van der Waals surface area contributed by atoms with Crippen molar-refractivity contribution in [2.45, 2.75) is 11.1 Å². The van der Waals surface area contributed by atoms with Gasteiger partial charge in [-0.25, -0.2) is 8.42 Å². The van der Waals surface area contributed by atoms with Crippen LogP contribution in [-0.2, 0) is 16.0 Å². The Morgan fingerprint density at radius 3 is 2.27 bits per heavy atom. The molecule has 136 valence electrons. The molecular weight excluding hydrogens is 412 g/mol. The first-order chi connectivity index (χ1) is 12.1. The fourth-order valence-corrected chi connectivity index (χ4v) is 3.25. The van der Waals surface area contributed by atoms with E-state index in [0.29, 0.717) is 11.1 Å². The van der Waals surface area contributed by atoms with E-state index in [9.17, 15) is 21.6 Å². The number of nitriles is 1. The van der Waals surface area contributed by atoms with Crippen LogP contribution in [0, 0.1) is 11.3 Å². The number of anilines is 1. The lowest BCUT2D eigenvalue weighted by Gasteiger charge is -2.11. The molecule has 0 fully saturated rings. The fourth-order valence-electron chi connectivity index (χ4n) is 1.87. The predicted octanol–water partition coefficient (Wildman–Crippen LogP) is 5.26. The highest BCUT2D eigenvalue weighted by molar-refractivity contribution is 7.95. The van der Waals surface area contributed by atoms with Crippen molar-refractivity contribution in [2.75, 3.05) is 5.32 Å². The second kappa shape index (κ2) is 7.58. The Bertz CT molecular complexity index is 996. The van der Waals surface area contributed by atoms with Crippen LogP contribution in [0.2, 0.25) is 10.0 Å². The highest BCUT2D eigenvalue weighted by atomic mass is 35.5. The molecule has 0 saturated heterocycles. The van der Waals surface area contributed by atoms with Gasteiger partial charge in [-0.15, -0.1) is 0 Å². The van der Waals surface area contributed by atoms with E-state index in [0.717, 1.165) is 18.3 Å². The number of nitrogens with zero attached hydrogens (tertiary/aromatic N) is 1. The van der Waals surface area contributed by atoms with Crippen LogP contribution in [0.4, 0.5) is 18.9 Å². The summed E-state index contributed by atoms with van der Waals surface area (Å²) < 4.78 is 63.1. The number of allylic oxidation sites excluding steroid dienone is 1. The quantitative estimate of drug-likeness (QED) is 0.684. The Labute approximate surface area is 157 Å². The van der Waals surface area contributed by atoms with Crippen LogP contribution in [0.5, 0.6) is 0 Å². The van der Waals surface area contributed by atoms with Crippen LogP contribution in [0.3, 0.4) is 0 Å². The molecule has 0 amide bonds. The largest absolute Gasteiger partial charge is 0.416 e. The van der Waals surface area contributed by atoms with Gasteiger partial charge in [-0.2, -0.15) is 18.4 Å². The molecule has 0 aliphatic rings. The topological polar surface area (TPSA) is 70.0 Å². The maximum absolute atomic E-state index is 12.8. The van der Waals surface area contributed by atoms with E-state index in [1.807, 2.05) is 0 Å². The third-order valence-corrected chi connectivity index (χ3v) is 5.44. The minimum absolute atomic E-state index is 0.0737. The average molecular weight is 421 g/mol. The maximum atomic E-state index is 12.8. The van der Waals surface area contributed by atoms with Crippen molar-refractivity contribution in [3.63, 3.8) is 0 Å². The van der Waals surface area contributed by atoms with Crippen molar-refractivity contribution in [2.24, 2.45) is 0 Å². The van der Waals surface area contributed by atoms with Crippen molar-refractivity contribution in [3.8, 4) is 6.07 Å². The van der Waals surface area contributed by atoms with E-state index in [4.69, 9.17) is 28.5 Å². The van der Waals surface area contributed by atoms with Gasteiger partial charge in [0.2, 0.25) is 9.84 Å².